The zero-order valence-electron chi connectivity index (χ0n) is 21.3. The number of hydrogen-bond acceptors (Lipinski definition) is 6. The van der Waals surface area contributed by atoms with Crippen molar-refractivity contribution in [1.82, 2.24) is 24.3 Å². The molecule has 0 spiro atoms. The van der Waals surface area contributed by atoms with Gasteiger partial charge in [-0.05, 0) is 36.1 Å². The highest BCUT2D eigenvalue weighted by molar-refractivity contribution is 5.83. The van der Waals surface area contributed by atoms with Crippen molar-refractivity contribution in [3.63, 3.8) is 0 Å². The molecular formula is C28H23F4N7O. The number of nitrogens with one attached hydrogen (secondary N) is 1. The molecule has 5 rings (SSSR count). The molecule has 0 saturated heterocycles. The summed E-state index contributed by atoms with van der Waals surface area (Å²) in [4.78, 5) is 25.4. The van der Waals surface area contributed by atoms with Crippen molar-refractivity contribution in [2.45, 2.75) is 32.2 Å². The fourth-order valence-electron chi connectivity index (χ4n) is 4.64. The number of rotatable bonds is 6. The van der Waals surface area contributed by atoms with E-state index >= 15 is 0 Å². The second-order valence-electron chi connectivity index (χ2n) is 9.29. The Labute approximate surface area is 226 Å². The van der Waals surface area contributed by atoms with Gasteiger partial charge in [0.1, 0.15) is 24.1 Å². The predicted octanol–water partition coefficient (Wildman–Crippen LogP) is 5.48. The molecule has 204 valence electrons. The summed E-state index contributed by atoms with van der Waals surface area (Å²) in [6.07, 6.45) is 1.79. The molecule has 1 N–H and O–H groups in total. The lowest BCUT2D eigenvalue weighted by Gasteiger charge is -2.27. The van der Waals surface area contributed by atoms with Crippen LogP contribution in [0, 0.1) is 11.3 Å². The van der Waals surface area contributed by atoms with Gasteiger partial charge in [-0.2, -0.15) is 18.4 Å². The third-order valence-electron chi connectivity index (χ3n) is 6.78. The van der Waals surface area contributed by atoms with Crippen LogP contribution in [0.3, 0.4) is 0 Å². The Morgan fingerprint density at radius 1 is 1.18 bits per heavy atom. The Hall–Kier alpha value is -4.79. The molecule has 0 radical (unpaired) electrons. The largest absolute Gasteiger partial charge is 0.471 e. The third-order valence-corrected chi connectivity index (χ3v) is 6.78. The number of imidazole rings is 1. The number of halogens is 4. The highest BCUT2D eigenvalue weighted by Crippen LogP contribution is 2.29. The van der Waals surface area contributed by atoms with E-state index in [-0.39, 0.29) is 30.6 Å². The van der Waals surface area contributed by atoms with Gasteiger partial charge >= 0.3 is 12.1 Å². The standard InChI is InChI=1S/C28H23F4N7O/c1-17(18-4-6-19(7-5-18)20-8-11-38(12-9-20)26(40)28(30,31)32)36-27-35-15-22(14-33)24(37-27)23-16-34-25-21(13-29)3-2-10-39(23)25/h2-8,10,15-17H,9,11-13H2,1H3,(H,35,36,37)/t17-/m0/s1. The average molecular weight is 550 g/mol. The molecule has 0 fully saturated rings. The van der Waals surface area contributed by atoms with Gasteiger partial charge < -0.3 is 10.2 Å². The van der Waals surface area contributed by atoms with Crippen LogP contribution in [-0.2, 0) is 11.5 Å². The van der Waals surface area contributed by atoms with E-state index in [1.54, 1.807) is 35.0 Å². The molecule has 1 aromatic carbocycles. The molecule has 0 aliphatic carbocycles. The van der Waals surface area contributed by atoms with Gasteiger partial charge in [-0.3, -0.25) is 9.20 Å². The summed E-state index contributed by atoms with van der Waals surface area (Å²) >= 11 is 0. The van der Waals surface area contributed by atoms with Crippen LogP contribution in [0.1, 0.15) is 41.6 Å². The first kappa shape index (κ1) is 26.8. The fourth-order valence-corrected chi connectivity index (χ4v) is 4.64. The molecule has 1 aliphatic rings. The summed E-state index contributed by atoms with van der Waals surface area (Å²) in [5.74, 6) is -1.54. The smallest absolute Gasteiger partial charge is 0.348 e. The topological polar surface area (TPSA) is 99.2 Å². The Morgan fingerprint density at radius 2 is 1.95 bits per heavy atom. The zero-order chi connectivity index (χ0) is 28.4. The minimum atomic E-state index is -4.87. The number of amides is 1. The molecule has 8 nitrogen and oxygen atoms in total. The Kier molecular flexibility index (Phi) is 7.21. The van der Waals surface area contributed by atoms with Crippen LogP contribution >= 0.6 is 0 Å². The maximum atomic E-state index is 13.4. The highest BCUT2D eigenvalue weighted by Gasteiger charge is 2.42. The van der Waals surface area contributed by atoms with Gasteiger partial charge in [0, 0.05) is 24.8 Å². The van der Waals surface area contributed by atoms with Crippen molar-refractivity contribution < 1.29 is 22.4 Å². The van der Waals surface area contributed by atoms with E-state index in [2.05, 4.69) is 26.3 Å². The van der Waals surface area contributed by atoms with E-state index < -0.39 is 18.8 Å². The quantitative estimate of drug-likeness (QED) is 0.320. The number of nitriles is 1. The molecule has 4 aromatic rings. The van der Waals surface area contributed by atoms with E-state index in [1.807, 2.05) is 31.2 Å². The lowest BCUT2D eigenvalue weighted by molar-refractivity contribution is -0.185. The molecule has 0 unspecified atom stereocenters. The summed E-state index contributed by atoms with van der Waals surface area (Å²) in [5.41, 5.74) is 4.65. The molecule has 3 aromatic heterocycles. The third kappa shape index (κ3) is 5.22. The van der Waals surface area contributed by atoms with Crippen LogP contribution in [-0.4, -0.2) is 49.4 Å². The number of fused-ring (bicyclic) bond motifs is 1. The van der Waals surface area contributed by atoms with E-state index in [4.69, 9.17) is 0 Å². The van der Waals surface area contributed by atoms with Crippen LogP contribution in [0.25, 0.3) is 22.6 Å². The normalized spacial score (nSPS) is 14.5. The van der Waals surface area contributed by atoms with Crippen molar-refractivity contribution in [3.8, 4) is 17.5 Å². The van der Waals surface area contributed by atoms with Crippen molar-refractivity contribution in [3.05, 3.63) is 83.3 Å². The number of alkyl halides is 4. The van der Waals surface area contributed by atoms with Crippen LogP contribution in [0.2, 0.25) is 0 Å². The molecule has 1 atom stereocenters. The lowest BCUT2D eigenvalue weighted by Crippen LogP contribution is -2.43. The zero-order valence-corrected chi connectivity index (χ0v) is 21.3. The van der Waals surface area contributed by atoms with E-state index in [1.165, 1.54) is 6.20 Å². The number of nitrogens with zero attached hydrogens (tertiary/aromatic N) is 6. The summed E-state index contributed by atoms with van der Waals surface area (Å²) in [6.45, 7) is 1.15. The van der Waals surface area contributed by atoms with Gasteiger partial charge in [-0.1, -0.05) is 36.4 Å². The Morgan fingerprint density at radius 3 is 2.60 bits per heavy atom. The first-order valence-electron chi connectivity index (χ1n) is 12.4. The molecule has 1 amide bonds. The van der Waals surface area contributed by atoms with Gasteiger partial charge in [0.05, 0.1) is 29.7 Å². The number of carbonyl (C=O) groups excluding carboxylic acids is 1. The number of hydrogen-bond donors (Lipinski definition) is 1. The summed E-state index contributed by atoms with van der Waals surface area (Å²) in [6, 6.07) is 12.8. The van der Waals surface area contributed by atoms with Crippen molar-refractivity contribution in [2.24, 2.45) is 0 Å². The van der Waals surface area contributed by atoms with Crippen LogP contribution < -0.4 is 5.32 Å². The van der Waals surface area contributed by atoms with Crippen LogP contribution in [0.15, 0.2) is 61.1 Å². The van der Waals surface area contributed by atoms with Gasteiger partial charge in [0.2, 0.25) is 5.95 Å². The average Bonchev–Trinajstić information content (AvgIpc) is 3.41. The lowest BCUT2D eigenvalue weighted by atomic mass is 9.97. The maximum Gasteiger partial charge on any atom is 0.471 e. The summed E-state index contributed by atoms with van der Waals surface area (Å²) in [7, 11) is 0. The number of aromatic nitrogens is 4. The molecule has 12 heteroatoms. The molecule has 40 heavy (non-hydrogen) atoms. The van der Waals surface area contributed by atoms with Gasteiger partial charge in [-0.25, -0.2) is 19.3 Å². The Bertz CT molecular complexity index is 1640. The second-order valence-corrected chi connectivity index (χ2v) is 9.29. The molecule has 0 saturated carbocycles. The second kappa shape index (κ2) is 10.8. The Balaban J connectivity index is 1.32. The summed E-state index contributed by atoms with van der Waals surface area (Å²) in [5, 5.41) is 12.9. The SMILES string of the molecule is C[C@H](Nc1ncc(C#N)c(-c2cnc3c(CF)cccn23)n1)c1ccc(C2=CCN(C(=O)C(F)(F)F)CC2)cc1. The first-order chi connectivity index (χ1) is 19.2. The van der Waals surface area contributed by atoms with Crippen molar-refractivity contribution in [2.75, 3.05) is 18.4 Å². The molecular weight excluding hydrogens is 526 g/mol. The molecule has 4 heterocycles. The molecule has 0 bridgehead atoms. The van der Waals surface area contributed by atoms with E-state index in [0.717, 1.165) is 21.6 Å². The monoisotopic (exact) mass is 549 g/mol. The van der Waals surface area contributed by atoms with Crippen LogP contribution in [0.5, 0.6) is 0 Å². The van der Waals surface area contributed by atoms with E-state index in [9.17, 15) is 27.6 Å². The number of pyridine rings is 1. The van der Waals surface area contributed by atoms with E-state index in [0.29, 0.717) is 29.0 Å². The predicted molar refractivity (Wildman–Crippen MR) is 139 cm³/mol. The van der Waals surface area contributed by atoms with Gasteiger partial charge in [0.25, 0.3) is 0 Å². The minimum absolute atomic E-state index is 0.00379. The first-order valence-corrected chi connectivity index (χ1v) is 12.4. The fraction of sp³-hybridized carbons (Fsp3) is 0.250. The minimum Gasteiger partial charge on any atom is -0.348 e. The van der Waals surface area contributed by atoms with Crippen molar-refractivity contribution >= 4 is 23.1 Å². The van der Waals surface area contributed by atoms with Gasteiger partial charge in [0.15, 0.2) is 0 Å². The maximum absolute atomic E-state index is 13.4. The number of benzene rings is 1. The number of carbonyl (C=O) groups is 1. The van der Waals surface area contributed by atoms with Crippen molar-refractivity contribution in [1.29, 1.82) is 5.26 Å². The number of anilines is 1. The van der Waals surface area contributed by atoms with Gasteiger partial charge in [-0.15, -0.1) is 0 Å². The van der Waals surface area contributed by atoms with Crippen LogP contribution in [0.4, 0.5) is 23.5 Å². The molecule has 1 aliphatic heterocycles. The highest BCUT2D eigenvalue weighted by atomic mass is 19.4. The summed E-state index contributed by atoms with van der Waals surface area (Å²) < 4.78 is 53.2.